The second-order valence-electron chi connectivity index (χ2n) is 4.98. The van der Waals surface area contributed by atoms with Crippen molar-refractivity contribution in [2.45, 2.75) is 26.8 Å². The van der Waals surface area contributed by atoms with Gasteiger partial charge < -0.3 is 10.4 Å². The third kappa shape index (κ3) is 3.91. The number of benzene rings is 1. The predicted molar refractivity (Wildman–Crippen MR) is 63.7 cm³/mol. The molecule has 0 heterocycles. The maximum atomic E-state index is 12.7. The summed E-state index contributed by atoms with van der Waals surface area (Å²) in [5.74, 6) is -0.216. The number of halogens is 1. The molecule has 2 nitrogen and oxygen atoms in total. The van der Waals surface area contributed by atoms with E-state index in [-0.39, 0.29) is 23.9 Å². The summed E-state index contributed by atoms with van der Waals surface area (Å²) < 4.78 is 12.7. The molecule has 1 aromatic carbocycles. The first kappa shape index (κ1) is 13.1. The van der Waals surface area contributed by atoms with Crippen molar-refractivity contribution in [2.75, 3.05) is 13.2 Å². The summed E-state index contributed by atoms with van der Waals surface area (Å²) in [6.07, 6.45) is 0. The van der Waals surface area contributed by atoms with E-state index in [2.05, 4.69) is 5.32 Å². The number of hydrogen-bond acceptors (Lipinski definition) is 2. The quantitative estimate of drug-likeness (QED) is 0.807. The third-order valence-electron chi connectivity index (χ3n) is 2.68. The molecule has 3 heteroatoms. The molecule has 0 aliphatic carbocycles. The zero-order valence-electron chi connectivity index (χ0n) is 10.1. The van der Waals surface area contributed by atoms with Crippen LogP contribution in [0.1, 0.15) is 32.4 Å². The van der Waals surface area contributed by atoms with E-state index in [9.17, 15) is 4.39 Å². The Morgan fingerprint density at radius 3 is 2.38 bits per heavy atom. The summed E-state index contributed by atoms with van der Waals surface area (Å²) >= 11 is 0. The summed E-state index contributed by atoms with van der Waals surface area (Å²) in [5.41, 5.74) is 0.920. The Balaban J connectivity index is 2.53. The molecule has 0 amide bonds. The van der Waals surface area contributed by atoms with Crippen molar-refractivity contribution in [3.8, 4) is 0 Å². The first-order chi connectivity index (χ1) is 7.44. The van der Waals surface area contributed by atoms with Gasteiger partial charge in [0.25, 0.3) is 0 Å². The van der Waals surface area contributed by atoms with Gasteiger partial charge in [-0.1, -0.05) is 26.0 Å². The van der Waals surface area contributed by atoms with E-state index >= 15 is 0 Å². The molecule has 0 aromatic heterocycles. The molecular weight excluding hydrogens is 205 g/mol. The van der Waals surface area contributed by atoms with Crippen LogP contribution in [0.15, 0.2) is 24.3 Å². The van der Waals surface area contributed by atoms with Crippen LogP contribution in [0.2, 0.25) is 0 Å². The highest BCUT2D eigenvalue weighted by Crippen LogP contribution is 2.17. The Kier molecular flexibility index (Phi) is 4.44. The zero-order valence-corrected chi connectivity index (χ0v) is 10.1. The third-order valence-corrected chi connectivity index (χ3v) is 2.68. The molecule has 2 N–H and O–H groups in total. The van der Waals surface area contributed by atoms with Crippen LogP contribution in [0.5, 0.6) is 0 Å². The van der Waals surface area contributed by atoms with Crippen molar-refractivity contribution in [3.63, 3.8) is 0 Å². The minimum absolute atomic E-state index is 0.131. The maximum absolute atomic E-state index is 12.7. The molecule has 0 aliphatic rings. The highest BCUT2D eigenvalue weighted by Gasteiger charge is 2.17. The van der Waals surface area contributed by atoms with Gasteiger partial charge in [0.15, 0.2) is 0 Å². The second-order valence-corrected chi connectivity index (χ2v) is 4.98. The van der Waals surface area contributed by atoms with E-state index in [1.165, 1.54) is 12.1 Å². The molecule has 0 aliphatic heterocycles. The summed E-state index contributed by atoms with van der Waals surface area (Å²) in [4.78, 5) is 0. The van der Waals surface area contributed by atoms with Gasteiger partial charge in [-0.2, -0.15) is 0 Å². The van der Waals surface area contributed by atoms with Crippen molar-refractivity contribution >= 4 is 0 Å². The van der Waals surface area contributed by atoms with Crippen LogP contribution in [0.3, 0.4) is 0 Å². The van der Waals surface area contributed by atoms with Gasteiger partial charge in [0.05, 0.1) is 0 Å². The van der Waals surface area contributed by atoms with E-state index in [4.69, 9.17) is 5.11 Å². The van der Waals surface area contributed by atoms with Gasteiger partial charge in [0, 0.05) is 24.6 Å². The Labute approximate surface area is 96.5 Å². The van der Waals surface area contributed by atoms with Crippen molar-refractivity contribution in [2.24, 2.45) is 5.41 Å². The molecular formula is C13H20FNO. The van der Waals surface area contributed by atoms with E-state index in [1.54, 1.807) is 12.1 Å². The minimum atomic E-state index is -0.216. The summed E-state index contributed by atoms with van der Waals surface area (Å²) in [5, 5.41) is 12.5. The average Bonchev–Trinajstić information content (AvgIpc) is 2.27. The number of nitrogens with one attached hydrogen (secondary N) is 1. The predicted octanol–water partition coefficient (Wildman–Crippen LogP) is 2.49. The molecule has 90 valence electrons. The lowest BCUT2D eigenvalue weighted by atomic mass is 9.94. The van der Waals surface area contributed by atoms with Crippen LogP contribution in [0, 0.1) is 11.2 Å². The van der Waals surface area contributed by atoms with Gasteiger partial charge in [0.2, 0.25) is 0 Å². The molecule has 1 unspecified atom stereocenters. The molecule has 1 atom stereocenters. The SMILES string of the molecule is CC(NCC(C)(C)CO)c1ccc(F)cc1. The molecule has 1 rings (SSSR count). The van der Waals surface area contributed by atoms with Crippen LogP contribution >= 0.6 is 0 Å². The molecule has 0 saturated carbocycles. The van der Waals surface area contributed by atoms with Crippen LogP contribution in [-0.4, -0.2) is 18.3 Å². The fourth-order valence-electron chi connectivity index (χ4n) is 1.35. The molecule has 16 heavy (non-hydrogen) atoms. The molecule has 0 saturated heterocycles. The largest absolute Gasteiger partial charge is 0.396 e. The Hall–Kier alpha value is -0.930. The lowest BCUT2D eigenvalue weighted by Crippen LogP contribution is -2.33. The minimum Gasteiger partial charge on any atom is -0.396 e. The van der Waals surface area contributed by atoms with E-state index < -0.39 is 0 Å². The topological polar surface area (TPSA) is 32.3 Å². The fraction of sp³-hybridized carbons (Fsp3) is 0.538. The second kappa shape index (κ2) is 5.41. The molecule has 0 fully saturated rings. The summed E-state index contributed by atoms with van der Waals surface area (Å²) in [6.45, 7) is 6.90. The van der Waals surface area contributed by atoms with Gasteiger partial charge in [-0.25, -0.2) is 4.39 Å². The van der Waals surface area contributed by atoms with Crippen molar-refractivity contribution < 1.29 is 9.50 Å². The number of hydrogen-bond donors (Lipinski definition) is 2. The van der Waals surface area contributed by atoms with Crippen LogP contribution < -0.4 is 5.32 Å². The molecule has 1 aromatic rings. The lowest BCUT2D eigenvalue weighted by Gasteiger charge is -2.25. The Morgan fingerprint density at radius 2 is 1.88 bits per heavy atom. The maximum Gasteiger partial charge on any atom is 0.123 e. The highest BCUT2D eigenvalue weighted by molar-refractivity contribution is 5.19. The van der Waals surface area contributed by atoms with Crippen LogP contribution in [-0.2, 0) is 0 Å². The van der Waals surface area contributed by atoms with Gasteiger partial charge in [-0.3, -0.25) is 0 Å². The average molecular weight is 225 g/mol. The number of rotatable bonds is 5. The van der Waals surface area contributed by atoms with Gasteiger partial charge in [0.1, 0.15) is 5.82 Å². The number of aliphatic hydroxyl groups excluding tert-OH is 1. The van der Waals surface area contributed by atoms with E-state index in [0.29, 0.717) is 0 Å². The van der Waals surface area contributed by atoms with Crippen molar-refractivity contribution in [3.05, 3.63) is 35.6 Å². The monoisotopic (exact) mass is 225 g/mol. The summed E-state index contributed by atoms with van der Waals surface area (Å²) in [6, 6.07) is 6.64. The molecule has 0 spiro atoms. The normalized spacial score (nSPS) is 13.8. The first-order valence-corrected chi connectivity index (χ1v) is 5.54. The smallest absolute Gasteiger partial charge is 0.123 e. The van der Waals surface area contributed by atoms with Crippen molar-refractivity contribution in [1.29, 1.82) is 0 Å². The van der Waals surface area contributed by atoms with Gasteiger partial charge in [-0.15, -0.1) is 0 Å². The number of aliphatic hydroxyl groups is 1. The molecule has 0 radical (unpaired) electrons. The molecule has 0 bridgehead atoms. The lowest BCUT2D eigenvalue weighted by molar-refractivity contribution is 0.154. The summed E-state index contributed by atoms with van der Waals surface area (Å²) in [7, 11) is 0. The fourth-order valence-corrected chi connectivity index (χ4v) is 1.35. The van der Waals surface area contributed by atoms with Gasteiger partial charge >= 0.3 is 0 Å². The van der Waals surface area contributed by atoms with E-state index in [1.807, 2.05) is 20.8 Å². The van der Waals surface area contributed by atoms with Crippen LogP contribution in [0.25, 0.3) is 0 Å². The first-order valence-electron chi connectivity index (χ1n) is 5.54. The van der Waals surface area contributed by atoms with E-state index in [0.717, 1.165) is 12.1 Å². The Morgan fingerprint density at radius 1 is 1.31 bits per heavy atom. The van der Waals surface area contributed by atoms with Gasteiger partial charge in [-0.05, 0) is 24.6 Å². The zero-order chi connectivity index (χ0) is 12.2. The Bertz CT molecular complexity index is 321. The van der Waals surface area contributed by atoms with Crippen LogP contribution in [0.4, 0.5) is 4.39 Å². The standard InChI is InChI=1S/C13H20FNO/c1-10(15-8-13(2,3)9-16)11-4-6-12(14)7-5-11/h4-7,10,15-16H,8-9H2,1-3H3. The highest BCUT2D eigenvalue weighted by atomic mass is 19.1. The van der Waals surface area contributed by atoms with Crippen molar-refractivity contribution in [1.82, 2.24) is 5.32 Å².